The molecule has 0 spiro atoms. The largest absolute Gasteiger partial charge is 0.497 e. The van der Waals surface area contributed by atoms with Gasteiger partial charge in [0, 0.05) is 32.3 Å². The minimum Gasteiger partial charge on any atom is -0.497 e. The van der Waals surface area contributed by atoms with Gasteiger partial charge in [-0.15, -0.1) is 0 Å². The van der Waals surface area contributed by atoms with Crippen molar-refractivity contribution >= 4 is 34.8 Å². The van der Waals surface area contributed by atoms with Crippen LogP contribution in [0.15, 0.2) is 53.6 Å². The van der Waals surface area contributed by atoms with Crippen molar-refractivity contribution in [3.8, 4) is 5.75 Å². The van der Waals surface area contributed by atoms with Gasteiger partial charge < -0.3 is 15.4 Å². The van der Waals surface area contributed by atoms with Crippen molar-refractivity contribution in [2.45, 2.75) is 26.2 Å². The molecule has 0 fully saturated rings. The second-order valence-electron chi connectivity index (χ2n) is 6.82. The molecule has 1 heterocycles. The first-order chi connectivity index (χ1) is 14.5. The van der Waals surface area contributed by atoms with Crippen molar-refractivity contribution in [2.75, 3.05) is 24.3 Å². The highest BCUT2D eigenvalue weighted by Gasteiger charge is 2.22. The summed E-state index contributed by atoms with van der Waals surface area (Å²) < 4.78 is 5.17. The average molecular weight is 408 g/mol. The van der Waals surface area contributed by atoms with Crippen LogP contribution in [0.4, 0.5) is 11.4 Å². The molecule has 8 nitrogen and oxygen atoms in total. The van der Waals surface area contributed by atoms with Gasteiger partial charge in [-0.1, -0.05) is 30.3 Å². The molecule has 0 aromatic heterocycles. The molecule has 2 aromatic carbocycles. The van der Waals surface area contributed by atoms with E-state index in [1.165, 1.54) is 19.0 Å². The lowest BCUT2D eigenvalue weighted by atomic mass is 10.1. The number of benzene rings is 2. The van der Waals surface area contributed by atoms with Gasteiger partial charge in [0.25, 0.3) is 0 Å². The number of hydrogen-bond acceptors (Lipinski definition) is 5. The number of carbonyl (C=O) groups excluding carboxylic acids is 3. The van der Waals surface area contributed by atoms with Crippen LogP contribution < -0.4 is 15.4 Å². The van der Waals surface area contributed by atoms with E-state index in [1.54, 1.807) is 18.2 Å². The Hall–Kier alpha value is -3.68. The summed E-state index contributed by atoms with van der Waals surface area (Å²) in [6.45, 7) is 1.89. The number of rotatable bonds is 7. The molecule has 3 amide bonds. The Kier molecular flexibility index (Phi) is 6.79. The number of methoxy groups -OCH3 is 1. The van der Waals surface area contributed by atoms with Gasteiger partial charge >= 0.3 is 0 Å². The maximum atomic E-state index is 12.5. The Labute approximate surface area is 174 Å². The maximum absolute atomic E-state index is 12.5. The van der Waals surface area contributed by atoms with E-state index in [-0.39, 0.29) is 30.6 Å². The molecule has 0 atom stereocenters. The average Bonchev–Trinajstić information content (AvgIpc) is 3.24. The highest BCUT2D eigenvalue weighted by molar-refractivity contribution is 6.03. The van der Waals surface area contributed by atoms with Crippen molar-refractivity contribution in [3.63, 3.8) is 0 Å². The summed E-state index contributed by atoms with van der Waals surface area (Å²) in [7, 11) is 1.51. The number of amides is 3. The van der Waals surface area contributed by atoms with Gasteiger partial charge in [0.2, 0.25) is 17.7 Å². The Balaban J connectivity index is 1.58. The summed E-state index contributed by atoms with van der Waals surface area (Å²) in [5, 5.41) is 11.2. The number of ether oxygens (including phenoxy) is 1. The summed E-state index contributed by atoms with van der Waals surface area (Å²) in [4.78, 5) is 36.2. The highest BCUT2D eigenvalue weighted by atomic mass is 16.5. The maximum Gasteiger partial charge on any atom is 0.243 e. The molecule has 0 bridgehead atoms. The zero-order chi connectivity index (χ0) is 21.5. The first-order valence-corrected chi connectivity index (χ1v) is 9.65. The number of carbonyl (C=O) groups is 3. The Morgan fingerprint density at radius 3 is 2.50 bits per heavy atom. The summed E-state index contributed by atoms with van der Waals surface area (Å²) in [5.41, 5.74) is 2.73. The first kappa shape index (κ1) is 21.0. The van der Waals surface area contributed by atoms with Crippen molar-refractivity contribution in [1.82, 2.24) is 5.01 Å². The van der Waals surface area contributed by atoms with Crippen LogP contribution in [-0.2, 0) is 14.4 Å². The summed E-state index contributed by atoms with van der Waals surface area (Å²) >= 11 is 0. The summed E-state index contributed by atoms with van der Waals surface area (Å²) in [6.07, 6.45) is 0.727. The monoisotopic (exact) mass is 408 g/mol. The van der Waals surface area contributed by atoms with Gasteiger partial charge in [-0.2, -0.15) is 5.10 Å². The molecule has 2 N–H and O–H groups in total. The van der Waals surface area contributed by atoms with Gasteiger partial charge in [-0.25, -0.2) is 5.01 Å². The fraction of sp³-hybridized carbons (Fsp3) is 0.273. The van der Waals surface area contributed by atoms with Gasteiger partial charge in [0.15, 0.2) is 0 Å². The number of hydrogen-bond donors (Lipinski definition) is 2. The van der Waals surface area contributed by atoms with Crippen LogP contribution in [0.2, 0.25) is 0 Å². The van der Waals surface area contributed by atoms with Crippen LogP contribution in [-0.4, -0.2) is 42.1 Å². The van der Waals surface area contributed by atoms with E-state index in [2.05, 4.69) is 15.7 Å². The van der Waals surface area contributed by atoms with Crippen LogP contribution in [0.5, 0.6) is 5.75 Å². The van der Waals surface area contributed by atoms with E-state index in [0.29, 0.717) is 30.1 Å². The van der Waals surface area contributed by atoms with Crippen molar-refractivity contribution in [2.24, 2.45) is 5.10 Å². The topological polar surface area (TPSA) is 100 Å². The minimum atomic E-state index is -0.338. The molecule has 0 aliphatic carbocycles. The van der Waals surface area contributed by atoms with E-state index in [9.17, 15) is 14.4 Å². The van der Waals surface area contributed by atoms with Crippen LogP contribution >= 0.6 is 0 Å². The number of nitrogens with one attached hydrogen (secondary N) is 2. The molecule has 1 aliphatic heterocycles. The van der Waals surface area contributed by atoms with Crippen molar-refractivity contribution in [1.29, 1.82) is 0 Å². The smallest absolute Gasteiger partial charge is 0.243 e. The Morgan fingerprint density at radius 1 is 1.03 bits per heavy atom. The third kappa shape index (κ3) is 5.44. The second kappa shape index (κ2) is 9.69. The zero-order valence-corrected chi connectivity index (χ0v) is 17.0. The van der Waals surface area contributed by atoms with E-state index in [1.807, 2.05) is 30.3 Å². The first-order valence-electron chi connectivity index (χ1n) is 9.65. The van der Waals surface area contributed by atoms with E-state index >= 15 is 0 Å². The van der Waals surface area contributed by atoms with Crippen LogP contribution in [0.25, 0.3) is 0 Å². The van der Waals surface area contributed by atoms with Gasteiger partial charge in [0.05, 0.1) is 30.7 Å². The lowest BCUT2D eigenvalue weighted by Crippen LogP contribution is -2.25. The van der Waals surface area contributed by atoms with Crippen molar-refractivity contribution in [3.05, 3.63) is 54.1 Å². The molecular formula is C22H24N4O4. The molecular weight excluding hydrogens is 384 g/mol. The van der Waals surface area contributed by atoms with E-state index < -0.39 is 0 Å². The summed E-state index contributed by atoms with van der Waals surface area (Å²) in [6, 6.07) is 14.6. The van der Waals surface area contributed by atoms with E-state index in [0.717, 1.165) is 11.3 Å². The molecule has 156 valence electrons. The normalized spacial score (nSPS) is 12.9. The van der Waals surface area contributed by atoms with Crippen LogP contribution in [0, 0.1) is 0 Å². The molecule has 0 saturated carbocycles. The quantitative estimate of drug-likeness (QED) is 0.735. The zero-order valence-electron chi connectivity index (χ0n) is 17.0. The predicted octanol–water partition coefficient (Wildman–Crippen LogP) is 3.01. The van der Waals surface area contributed by atoms with Crippen LogP contribution in [0.3, 0.4) is 0 Å². The molecule has 3 rings (SSSR count). The number of anilines is 2. The van der Waals surface area contributed by atoms with Gasteiger partial charge in [-0.05, 0) is 17.7 Å². The fourth-order valence-electron chi connectivity index (χ4n) is 3.09. The minimum absolute atomic E-state index is 0.00223. The lowest BCUT2D eigenvalue weighted by molar-refractivity contribution is -0.132. The molecule has 8 heteroatoms. The van der Waals surface area contributed by atoms with Gasteiger partial charge in [-0.3, -0.25) is 14.4 Å². The molecule has 0 unspecified atom stereocenters. The SMILES string of the molecule is COc1ccc(NC(C)=O)c(NC(=O)CCC(=O)N2CCC(c3ccccc3)=N2)c1. The van der Waals surface area contributed by atoms with Gasteiger partial charge in [0.1, 0.15) is 5.75 Å². The molecule has 0 radical (unpaired) electrons. The molecule has 2 aromatic rings. The standard InChI is InChI=1S/C22H24N4O4/c1-15(27)23-19-9-8-17(30-2)14-20(19)24-21(28)10-11-22(29)26-13-12-18(25-26)16-6-4-3-5-7-16/h3-9,14H,10-13H2,1-2H3,(H,23,27)(H,24,28). The molecule has 30 heavy (non-hydrogen) atoms. The third-order valence-corrected chi connectivity index (χ3v) is 4.57. The van der Waals surface area contributed by atoms with Crippen LogP contribution in [0.1, 0.15) is 31.7 Å². The Bertz CT molecular complexity index is 972. The van der Waals surface area contributed by atoms with E-state index in [4.69, 9.17) is 4.74 Å². The molecule has 0 saturated heterocycles. The summed E-state index contributed by atoms with van der Waals surface area (Å²) in [5.74, 6) is -0.263. The number of hydrazone groups is 1. The fourth-order valence-corrected chi connectivity index (χ4v) is 3.09. The molecule has 1 aliphatic rings. The Morgan fingerprint density at radius 2 is 1.80 bits per heavy atom. The van der Waals surface area contributed by atoms with Crippen molar-refractivity contribution < 1.29 is 19.1 Å². The third-order valence-electron chi connectivity index (χ3n) is 4.57. The lowest BCUT2D eigenvalue weighted by Gasteiger charge is -2.14. The second-order valence-corrected chi connectivity index (χ2v) is 6.82. The predicted molar refractivity (Wildman–Crippen MR) is 114 cm³/mol. The number of nitrogens with zero attached hydrogens (tertiary/aromatic N) is 2. The highest BCUT2D eigenvalue weighted by Crippen LogP contribution is 2.27.